The van der Waals surface area contributed by atoms with Crippen LogP contribution in [0.4, 0.5) is 11.8 Å². The number of benzene rings is 1. The first-order chi connectivity index (χ1) is 16.0. The number of aromatic nitrogens is 4. The van der Waals surface area contributed by atoms with Crippen molar-refractivity contribution in [2.45, 2.75) is 39.2 Å². The second-order valence-electron chi connectivity index (χ2n) is 8.84. The van der Waals surface area contributed by atoms with E-state index in [1.54, 1.807) is 4.68 Å². The van der Waals surface area contributed by atoms with Crippen molar-refractivity contribution in [2.75, 3.05) is 43.4 Å². The smallest absolute Gasteiger partial charge is 0.276 e. The Kier molecular flexibility index (Phi) is 7.44. The summed E-state index contributed by atoms with van der Waals surface area (Å²) in [4.78, 5) is 26.8. The van der Waals surface area contributed by atoms with E-state index in [1.165, 1.54) is 25.7 Å². The number of likely N-dealkylation sites (N-methyl/N-ethyl adjacent to an activating group) is 1. The Morgan fingerprint density at radius 1 is 1.06 bits per heavy atom. The third-order valence-corrected chi connectivity index (χ3v) is 6.45. The second kappa shape index (κ2) is 10.7. The van der Waals surface area contributed by atoms with Gasteiger partial charge in [0.05, 0.1) is 11.3 Å². The van der Waals surface area contributed by atoms with Gasteiger partial charge >= 0.3 is 0 Å². The standard InChI is InChI=1S/C25H35N7O/c1-20-22(24(33)32(30(20)3)21-11-7-6-8-12-21)19-29(2)18-15-27-25-26-14-13-23(28-25)31-16-9-4-5-10-17-31/h6-8,11-14H,4-5,9-10,15-19H2,1-3H3,(H,26,27,28). The molecule has 1 fully saturated rings. The second-order valence-corrected chi connectivity index (χ2v) is 8.84. The first kappa shape index (κ1) is 23.0. The van der Waals surface area contributed by atoms with Crippen LogP contribution in [-0.4, -0.2) is 57.5 Å². The number of nitrogens with one attached hydrogen (secondary N) is 1. The molecule has 0 amide bonds. The van der Waals surface area contributed by atoms with Gasteiger partial charge in [-0.3, -0.25) is 9.48 Å². The number of anilines is 2. The lowest BCUT2D eigenvalue weighted by atomic mass is 10.2. The van der Waals surface area contributed by atoms with Crippen molar-refractivity contribution in [3.8, 4) is 5.69 Å². The summed E-state index contributed by atoms with van der Waals surface area (Å²) in [6, 6.07) is 11.8. The average Bonchev–Trinajstić information content (AvgIpc) is 3.03. The maximum Gasteiger partial charge on any atom is 0.276 e. The minimum atomic E-state index is 0.0366. The fourth-order valence-corrected chi connectivity index (χ4v) is 4.42. The summed E-state index contributed by atoms with van der Waals surface area (Å²) in [7, 11) is 3.97. The summed E-state index contributed by atoms with van der Waals surface area (Å²) in [6.07, 6.45) is 6.89. The summed E-state index contributed by atoms with van der Waals surface area (Å²) in [6.45, 7) is 6.21. The largest absolute Gasteiger partial charge is 0.356 e. The van der Waals surface area contributed by atoms with Gasteiger partial charge in [-0.25, -0.2) is 9.67 Å². The lowest BCUT2D eigenvalue weighted by molar-refractivity contribution is 0.338. The molecule has 1 aliphatic heterocycles. The van der Waals surface area contributed by atoms with Crippen molar-refractivity contribution >= 4 is 11.8 Å². The van der Waals surface area contributed by atoms with Crippen LogP contribution in [0.5, 0.6) is 0 Å². The lowest BCUT2D eigenvalue weighted by Crippen LogP contribution is -2.29. The molecule has 1 aromatic carbocycles. The van der Waals surface area contributed by atoms with Gasteiger partial charge in [0.1, 0.15) is 5.82 Å². The number of hydrogen-bond acceptors (Lipinski definition) is 6. The van der Waals surface area contributed by atoms with Crippen LogP contribution in [0.2, 0.25) is 0 Å². The highest BCUT2D eigenvalue weighted by atomic mass is 16.1. The number of hydrogen-bond donors (Lipinski definition) is 1. The molecule has 8 nitrogen and oxygen atoms in total. The first-order valence-electron chi connectivity index (χ1n) is 11.9. The van der Waals surface area contributed by atoms with Crippen LogP contribution in [0.15, 0.2) is 47.4 Å². The van der Waals surface area contributed by atoms with Crippen LogP contribution in [0.3, 0.4) is 0 Å². The van der Waals surface area contributed by atoms with Crippen molar-refractivity contribution in [2.24, 2.45) is 7.05 Å². The highest BCUT2D eigenvalue weighted by Gasteiger charge is 2.17. The molecule has 0 saturated carbocycles. The third kappa shape index (κ3) is 5.45. The Bertz CT molecular complexity index is 1100. The zero-order valence-corrected chi connectivity index (χ0v) is 20.0. The van der Waals surface area contributed by atoms with Crippen molar-refractivity contribution in [3.05, 3.63) is 64.2 Å². The number of rotatable bonds is 8. The monoisotopic (exact) mass is 449 g/mol. The van der Waals surface area contributed by atoms with E-state index in [0.29, 0.717) is 19.0 Å². The minimum absolute atomic E-state index is 0.0366. The quantitative estimate of drug-likeness (QED) is 0.570. The predicted molar refractivity (Wildman–Crippen MR) is 133 cm³/mol. The Morgan fingerprint density at radius 2 is 1.79 bits per heavy atom. The minimum Gasteiger partial charge on any atom is -0.356 e. The molecule has 0 bridgehead atoms. The number of para-hydroxylation sites is 1. The predicted octanol–water partition coefficient (Wildman–Crippen LogP) is 3.20. The Labute approximate surface area is 195 Å². The van der Waals surface area contributed by atoms with Crippen molar-refractivity contribution in [1.82, 2.24) is 24.2 Å². The molecule has 4 rings (SSSR count). The Hall–Kier alpha value is -3.13. The highest BCUT2D eigenvalue weighted by molar-refractivity contribution is 5.42. The third-order valence-electron chi connectivity index (χ3n) is 6.45. The SMILES string of the molecule is Cc1c(CN(C)CCNc2nccc(N3CCCCCC3)n2)c(=O)n(-c2ccccc2)n1C. The van der Waals surface area contributed by atoms with Gasteiger partial charge in [-0.05, 0) is 45.0 Å². The average molecular weight is 450 g/mol. The van der Waals surface area contributed by atoms with Crippen molar-refractivity contribution < 1.29 is 0 Å². The molecular weight excluding hydrogens is 414 g/mol. The maximum absolute atomic E-state index is 13.1. The Balaban J connectivity index is 1.35. The summed E-state index contributed by atoms with van der Waals surface area (Å²) >= 11 is 0. The number of nitrogens with zero attached hydrogens (tertiary/aromatic N) is 6. The van der Waals surface area contributed by atoms with E-state index in [1.807, 2.05) is 68.3 Å². The molecule has 3 aromatic rings. The van der Waals surface area contributed by atoms with E-state index < -0.39 is 0 Å². The molecule has 1 saturated heterocycles. The van der Waals surface area contributed by atoms with Crippen molar-refractivity contribution in [1.29, 1.82) is 0 Å². The first-order valence-corrected chi connectivity index (χ1v) is 11.9. The van der Waals surface area contributed by atoms with Crippen LogP contribution < -0.4 is 15.8 Å². The Morgan fingerprint density at radius 3 is 2.52 bits per heavy atom. The van der Waals surface area contributed by atoms with E-state index in [-0.39, 0.29) is 5.56 Å². The molecule has 176 valence electrons. The molecule has 2 aromatic heterocycles. The van der Waals surface area contributed by atoms with Crippen LogP contribution in [0.25, 0.3) is 5.69 Å². The summed E-state index contributed by atoms with van der Waals surface area (Å²) in [5.41, 5.74) is 2.72. The van der Waals surface area contributed by atoms with Crippen LogP contribution in [-0.2, 0) is 13.6 Å². The molecule has 0 aliphatic carbocycles. The van der Waals surface area contributed by atoms with Gasteiger partial charge in [0.15, 0.2) is 0 Å². The van der Waals surface area contributed by atoms with Gasteiger partial charge < -0.3 is 15.1 Å². The zero-order valence-electron chi connectivity index (χ0n) is 20.0. The molecule has 0 radical (unpaired) electrons. The van der Waals surface area contributed by atoms with Gasteiger partial charge in [-0.2, -0.15) is 4.98 Å². The van der Waals surface area contributed by atoms with Gasteiger partial charge in [0.25, 0.3) is 5.56 Å². The van der Waals surface area contributed by atoms with E-state index in [9.17, 15) is 4.79 Å². The summed E-state index contributed by atoms with van der Waals surface area (Å²) < 4.78 is 3.67. The fourth-order valence-electron chi connectivity index (χ4n) is 4.42. The van der Waals surface area contributed by atoms with Gasteiger partial charge in [0.2, 0.25) is 5.95 Å². The van der Waals surface area contributed by atoms with Gasteiger partial charge in [-0.15, -0.1) is 0 Å². The highest BCUT2D eigenvalue weighted by Crippen LogP contribution is 2.18. The molecule has 0 atom stereocenters. The molecule has 3 heterocycles. The normalized spacial score (nSPS) is 14.5. The van der Waals surface area contributed by atoms with E-state index in [2.05, 4.69) is 20.1 Å². The topological polar surface area (TPSA) is 71.2 Å². The van der Waals surface area contributed by atoms with Crippen LogP contribution in [0, 0.1) is 6.92 Å². The summed E-state index contributed by atoms with van der Waals surface area (Å²) in [5, 5.41) is 3.35. The molecule has 1 aliphatic rings. The summed E-state index contributed by atoms with van der Waals surface area (Å²) in [5.74, 6) is 1.66. The lowest BCUT2D eigenvalue weighted by Gasteiger charge is -2.22. The zero-order chi connectivity index (χ0) is 23.2. The maximum atomic E-state index is 13.1. The fraction of sp³-hybridized carbons (Fsp3) is 0.480. The molecule has 33 heavy (non-hydrogen) atoms. The molecular formula is C25H35N7O. The van der Waals surface area contributed by atoms with E-state index in [0.717, 1.165) is 42.4 Å². The van der Waals surface area contributed by atoms with Crippen LogP contribution >= 0.6 is 0 Å². The van der Waals surface area contributed by atoms with E-state index >= 15 is 0 Å². The molecule has 1 N–H and O–H groups in total. The molecule has 0 unspecified atom stereocenters. The van der Waals surface area contributed by atoms with Gasteiger partial charge in [0, 0.05) is 51.7 Å². The van der Waals surface area contributed by atoms with Crippen LogP contribution in [0.1, 0.15) is 36.9 Å². The van der Waals surface area contributed by atoms with Gasteiger partial charge in [-0.1, -0.05) is 31.0 Å². The van der Waals surface area contributed by atoms with Crippen molar-refractivity contribution in [3.63, 3.8) is 0 Å². The molecule has 0 spiro atoms. The van der Waals surface area contributed by atoms with E-state index in [4.69, 9.17) is 4.98 Å². The molecule has 8 heteroatoms.